The van der Waals surface area contributed by atoms with Gasteiger partial charge in [-0.25, -0.2) is 0 Å². The number of hydrogen-bond acceptors (Lipinski definition) is 4. The number of hydrogen-bond donors (Lipinski definition) is 2. The van der Waals surface area contributed by atoms with E-state index in [2.05, 4.69) is 10.2 Å². The van der Waals surface area contributed by atoms with E-state index < -0.39 is 0 Å². The Labute approximate surface area is 97.9 Å². The first-order chi connectivity index (χ1) is 8.25. The van der Waals surface area contributed by atoms with E-state index in [0.717, 1.165) is 0 Å². The summed E-state index contributed by atoms with van der Waals surface area (Å²) in [7, 11) is 0. The second-order valence-corrected chi connectivity index (χ2v) is 3.29. The maximum Gasteiger partial charge on any atom is 0.153 e. The van der Waals surface area contributed by atoms with Gasteiger partial charge in [-0.3, -0.25) is 0 Å². The molecule has 0 saturated heterocycles. The van der Waals surface area contributed by atoms with Crippen LogP contribution in [0.2, 0.25) is 0 Å². The van der Waals surface area contributed by atoms with Crippen LogP contribution in [0.4, 0.5) is 0 Å². The highest BCUT2D eigenvalue weighted by Crippen LogP contribution is 2.09. The maximum absolute atomic E-state index is 9.12. The Hall–Kier alpha value is -2.56. The monoisotopic (exact) mass is 229 g/mol. The molecule has 0 atom stereocenters. The van der Waals surface area contributed by atoms with Crippen LogP contribution in [0.15, 0.2) is 57.3 Å². The highest BCUT2D eigenvalue weighted by atomic mass is 16.3. The van der Waals surface area contributed by atoms with E-state index in [0.29, 0.717) is 11.3 Å². The van der Waals surface area contributed by atoms with Crippen molar-refractivity contribution in [3.05, 3.63) is 54.0 Å². The van der Waals surface area contributed by atoms with Gasteiger partial charge in [-0.2, -0.15) is 5.10 Å². The van der Waals surface area contributed by atoms with Crippen molar-refractivity contribution in [3.8, 4) is 5.75 Å². The highest BCUT2D eigenvalue weighted by molar-refractivity contribution is 5.97. The SMILES string of the molecule is NC(=NN=Cc1ccco1)c1ccc(O)cc1. The van der Waals surface area contributed by atoms with Crippen LogP contribution < -0.4 is 5.73 Å². The molecular formula is C12H11N3O2. The maximum atomic E-state index is 9.12. The number of nitrogens with two attached hydrogens (primary N) is 1. The second-order valence-electron chi connectivity index (χ2n) is 3.29. The Morgan fingerprint density at radius 3 is 2.65 bits per heavy atom. The van der Waals surface area contributed by atoms with Gasteiger partial charge in [0, 0.05) is 5.56 Å². The normalized spacial score (nSPS) is 12.1. The topological polar surface area (TPSA) is 84.1 Å². The first-order valence-corrected chi connectivity index (χ1v) is 4.95. The fourth-order valence-electron chi connectivity index (χ4n) is 1.20. The molecule has 86 valence electrons. The summed E-state index contributed by atoms with van der Waals surface area (Å²) >= 11 is 0. The molecular weight excluding hydrogens is 218 g/mol. The van der Waals surface area contributed by atoms with Gasteiger partial charge in [0.15, 0.2) is 5.84 Å². The van der Waals surface area contributed by atoms with Crippen LogP contribution in [-0.4, -0.2) is 17.2 Å². The van der Waals surface area contributed by atoms with Crippen LogP contribution in [0.3, 0.4) is 0 Å². The average Bonchev–Trinajstić information content (AvgIpc) is 2.83. The molecule has 2 rings (SSSR count). The number of rotatable bonds is 3. The predicted molar refractivity (Wildman–Crippen MR) is 65.1 cm³/mol. The molecule has 0 amide bonds. The first-order valence-electron chi connectivity index (χ1n) is 4.95. The van der Waals surface area contributed by atoms with E-state index in [1.165, 1.54) is 18.3 Å². The summed E-state index contributed by atoms with van der Waals surface area (Å²) in [6.45, 7) is 0. The molecule has 0 aliphatic heterocycles. The van der Waals surface area contributed by atoms with E-state index in [-0.39, 0.29) is 11.6 Å². The van der Waals surface area contributed by atoms with E-state index >= 15 is 0 Å². The van der Waals surface area contributed by atoms with Crippen LogP contribution in [0.25, 0.3) is 0 Å². The van der Waals surface area contributed by atoms with Crippen LogP contribution in [0.1, 0.15) is 11.3 Å². The summed E-state index contributed by atoms with van der Waals surface area (Å²) in [6, 6.07) is 9.92. The van der Waals surface area contributed by atoms with Crippen molar-refractivity contribution < 1.29 is 9.52 Å². The lowest BCUT2D eigenvalue weighted by atomic mass is 10.2. The number of benzene rings is 1. The lowest BCUT2D eigenvalue weighted by Gasteiger charge is -1.97. The van der Waals surface area contributed by atoms with Crippen molar-refractivity contribution in [3.63, 3.8) is 0 Å². The number of aromatic hydroxyl groups is 1. The zero-order chi connectivity index (χ0) is 12.1. The Kier molecular flexibility index (Phi) is 3.20. The lowest BCUT2D eigenvalue weighted by Crippen LogP contribution is -2.12. The van der Waals surface area contributed by atoms with Crippen LogP contribution in [0, 0.1) is 0 Å². The van der Waals surface area contributed by atoms with Crippen molar-refractivity contribution in [2.24, 2.45) is 15.9 Å². The van der Waals surface area contributed by atoms with Crippen LogP contribution >= 0.6 is 0 Å². The van der Waals surface area contributed by atoms with E-state index in [9.17, 15) is 0 Å². The quantitative estimate of drug-likeness (QED) is 0.477. The van der Waals surface area contributed by atoms with E-state index in [4.69, 9.17) is 15.3 Å². The molecule has 0 bridgehead atoms. The molecule has 0 aliphatic rings. The fraction of sp³-hybridized carbons (Fsp3) is 0. The molecule has 1 heterocycles. The van der Waals surface area contributed by atoms with Gasteiger partial charge in [0.1, 0.15) is 11.5 Å². The van der Waals surface area contributed by atoms with Crippen LogP contribution in [-0.2, 0) is 0 Å². The van der Waals surface area contributed by atoms with Gasteiger partial charge in [-0.05, 0) is 36.4 Å². The summed E-state index contributed by atoms with van der Waals surface area (Å²) in [4.78, 5) is 0. The number of amidine groups is 1. The minimum Gasteiger partial charge on any atom is -0.508 e. The predicted octanol–water partition coefficient (Wildman–Crippen LogP) is 1.72. The third-order valence-electron chi connectivity index (χ3n) is 2.06. The number of furan rings is 1. The summed E-state index contributed by atoms with van der Waals surface area (Å²) in [5, 5.41) is 16.7. The fourth-order valence-corrected chi connectivity index (χ4v) is 1.20. The molecule has 0 saturated carbocycles. The van der Waals surface area contributed by atoms with Gasteiger partial charge < -0.3 is 15.3 Å². The Bertz CT molecular complexity index is 527. The molecule has 5 nitrogen and oxygen atoms in total. The number of nitrogens with zero attached hydrogens (tertiary/aromatic N) is 2. The third kappa shape index (κ3) is 2.94. The Morgan fingerprint density at radius 1 is 1.24 bits per heavy atom. The van der Waals surface area contributed by atoms with E-state index in [1.54, 1.807) is 30.5 Å². The molecule has 17 heavy (non-hydrogen) atoms. The molecule has 0 fully saturated rings. The number of phenolic OH excluding ortho intramolecular Hbond substituents is 1. The molecule has 2 aromatic rings. The Balaban J connectivity index is 2.09. The largest absolute Gasteiger partial charge is 0.508 e. The molecule has 0 unspecified atom stereocenters. The molecule has 0 spiro atoms. The smallest absolute Gasteiger partial charge is 0.153 e. The molecule has 1 aromatic carbocycles. The molecule has 5 heteroatoms. The molecule has 1 aromatic heterocycles. The molecule has 0 aliphatic carbocycles. The van der Waals surface area contributed by atoms with Gasteiger partial charge in [0.2, 0.25) is 0 Å². The standard InChI is InChI=1S/C12H11N3O2/c13-12(9-3-5-10(16)6-4-9)15-14-8-11-2-1-7-17-11/h1-8,16H,(H2,13,15). The summed E-state index contributed by atoms with van der Waals surface area (Å²) in [6.07, 6.45) is 3.02. The Morgan fingerprint density at radius 2 is 2.00 bits per heavy atom. The van der Waals surface area contributed by atoms with Crippen molar-refractivity contribution in [1.82, 2.24) is 0 Å². The van der Waals surface area contributed by atoms with Crippen LogP contribution in [0.5, 0.6) is 5.75 Å². The second kappa shape index (κ2) is 4.98. The summed E-state index contributed by atoms with van der Waals surface area (Å²) in [5.41, 5.74) is 6.40. The first kappa shape index (κ1) is 10.9. The lowest BCUT2D eigenvalue weighted by molar-refractivity contribution is 0.475. The minimum atomic E-state index is 0.181. The minimum absolute atomic E-state index is 0.181. The van der Waals surface area contributed by atoms with Gasteiger partial charge in [0.05, 0.1) is 12.5 Å². The zero-order valence-corrected chi connectivity index (χ0v) is 8.95. The highest BCUT2D eigenvalue weighted by Gasteiger charge is 1.97. The van der Waals surface area contributed by atoms with E-state index in [1.807, 2.05) is 0 Å². The molecule has 3 N–H and O–H groups in total. The average molecular weight is 229 g/mol. The van der Waals surface area contributed by atoms with Crippen molar-refractivity contribution in [1.29, 1.82) is 0 Å². The van der Waals surface area contributed by atoms with Crippen molar-refractivity contribution in [2.45, 2.75) is 0 Å². The zero-order valence-electron chi connectivity index (χ0n) is 8.95. The number of phenols is 1. The molecule has 0 radical (unpaired) electrons. The van der Waals surface area contributed by atoms with Gasteiger partial charge >= 0.3 is 0 Å². The van der Waals surface area contributed by atoms with Gasteiger partial charge in [-0.15, -0.1) is 5.10 Å². The third-order valence-corrected chi connectivity index (χ3v) is 2.06. The summed E-state index contributed by atoms with van der Waals surface area (Å²) in [5.74, 6) is 1.06. The van der Waals surface area contributed by atoms with Gasteiger partial charge in [-0.1, -0.05) is 0 Å². The van der Waals surface area contributed by atoms with Gasteiger partial charge in [0.25, 0.3) is 0 Å². The summed E-state index contributed by atoms with van der Waals surface area (Å²) < 4.78 is 5.04. The van der Waals surface area contributed by atoms with Crippen molar-refractivity contribution in [2.75, 3.05) is 0 Å². The van der Waals surface area contributed by atoms with Crippen molar-refractivity contribution >= 4 is 12.1 Å².